The highest BCUT2D eigenvalue weighted by molar-refractivity contribution is 6.24. The number of nitriles is 1. The summed E-state index contributed by atoms with van der Waals surface area (Å²) in [4.78, 5) is 3.70. The van der Waals surface area contributed by atoms with E-state index >= 15 is 0 Å². The molecule has 8 aromatic rings. The van der Waals surface area contributed by atoms with Crippen LogP contribution in [0.15, 0.2) is 97.1 Å². The van der Waals surface area contributed by atoms with Gasteiger partial charge in [0, 0.05) is 32.6 Å². The molecule has 0 aliphatic carbocycles. The van der Waals surface area contributed by atoms with Crippen molar-refractivity contribution in [3.05, 3.63) is 114 Å². The Labute approximate surface area is 205 Å². The molecular weight excluding hydrogens is 440 g/mol. The van der Waals surface area contributed by atoms with Crippen LogP contribution in [-0.2, 0) is 0 Å². The van der Waals surface area contributed by atoms with Gasteiger partial charge in [0.25, 0.3) is 0 Å². The topological polar surface area (TPSA) is 37.5 Å². The van der Waals surface area contributed by atoms with Gasteiger partial charge in [-0.3, -0.25) is 0 Å². The molecule has 0 amide bonds. The van der Waals surface area contributed by atoms with Gasteiger partial charge < -0.3 is 8.97 Å². The van der Waals surface area contributed by atoms with Crippen LogP contribution in [0.4, 0.5) is 5.69 Å². The molecule has 0 N–H and O–H groups in total. The minimum absolute atomic E-state index is 0.631. The molecule has 0 atom stereocenters. The summed E-state index contributed by atoms with van der Waals surface area (Å²) in [5, 5.41) is 16.4. The van der Waals surface area contributed by atoms with Crippen molar-refractivity contribution in [1.82, 2.24) is 8.97 Å². The lowest BCUT2D eigenvalue weighted by Gasteiger charge is -2.09. The fourth-order valence-corrected chi connectivity index (χ4v) is 5.99. The third kappa shape index (κ3) is 2.26. The second-order valence-electron chi connectivity index (χ2n) is 9.25. The van der Waals surface area contributed by atoms with Crippen molar-refractivity contribution in [1.29, 1.82) is 5.26 Å². The normalized spacial score (nSPS) is 11.8. The van der Waals surface area contributed by atoms with Crippen molar-refractivity contribution in [2.45, 2.75) is 0 Å². The second-order valence-corrected chi connectivity index (χ2v) is 9.25. The number of benzene rings is 5. The van der Waals surface area contributed by atoms with E-state index in [9.17, 15) is 5.26 Å². The molecule has 3 aromatic heterocycles. The summed E-state index contributed by atoms with van der Waals surface area (Å²) in [5.41, 5.74) is 7.92. The fraction of sp³-hybridized carbons (Fsp3) is 0. The summed E-state index contributed by atoms with van der Waals surface area (Å²) in [5.74, 6) is 0. The lowest BCUT2D eigenvalue weighted by molar-refractivity contribution is 1.19. The number of fused-ring (bicyclic) bond motifs is 9. The van der Waals surface area contributed by atoms with E-state index in [1.54, 1.807) is 0 Å². The quantitative estimate of drug-likeness (QED) is 0.229. The van der Waals surface area contributed by atoms with Crippen molar-refractivity contribution >= 4 is 65.6 Å². The maximum Gasteiger partial charge on any atom is 0.188 e. The lowest BCUT2D eigenvalue weighted by atomic mass is 10.0. The number of nitrogens with zero attached hydrogens (tertiary/aromatic N) is 4. The van der Waals surface area contributed by atoms with E-state index in [0.717, 1.165) is 54.8 Å². The smallest absolute Gasteiger partial charge is 0.188 e. The second kappa shape index (κ2) is 6.63. The van der Waals surface area contributed by atoms with E-state index in [-0.39, 0.29) is 0 Å². The Morgan fingerprint density at radius 1 is 0.611 bits per heavy atom. The summed E-state index contributed by atoms with van der Waals surface area (Å²) in [6.45, 7) is 7.57. The van der Waals surface area contributed by atoms with Gasteiger partial charge in [0.15, 0.2) is 5.69 Å². The van der Waals surface area contributed by atoms with Gasteiger partial charge in [-0.1, -0.05) is 42.5 Å². The van der Waals surface area contributed by atoms with Crippen LogP contribution in [0.3, 0.4) is 0 Å². The fourth-order valence-electron chi connectivity index (χ4n) is 5.99. The summed E-state index contributed by atoms with van der Waals surface area (Å²) >= 11 is 0. The molecule has 164 valence electrons. The lowest BCUT2D eigenvalue weighted by Crippen LogP contribution is -1.93. The van der Waals surface area contributed by atoms with Crippen LogP contribution < -0.4 is 0 Å². The highest BCUT2D eigenvalue weighted by Crippen LogP contribution is 2.43. The van der Waals surface area contributed by atoms with Crippen LogP contribution in [0.2, 0.25) is 0 Å². The van der Waals surface area contributed by atoms with Crippen LogP contribution in [-0.4, -0.2) is 8.97 Å². The molecule has 0 saturated heterocycles. The highest BCUT2D eigenvalue weighted by atomic mass is 15.0. The Morgan fingerprint density at radius 2 is 1.22 bits per heavy atom. The predicted molar refractivity (Wildman–Crippen MR) is 146 cm³/mol. The molecule has 0 spiro atoms. The molecular formula is C32H16N4. The first-order valence-corrected chi connectivity index (χ1v) is 11.8. The number of aromatic nitrogens is 2. The van der Waals surface area contributed by atoms with Gasteiger partial charge in [-0.25, -0.2) is 4.85 Å². The predicted octanol–water partition coefficient (Wildman–Crippen LogP) is 8.36. The Hall–Kier alpha value is -5.32. The van der Waals surface area contributed by atoms with Crippen molar-refractivity contribution < 1.29 is 0 Å². The van der Waals surface area contributed by atoms with Crippen molar-refractivity contribution in [2.24, 2.45) is 0 Å². The Morgan fingerprint density at radius 3 is 1.86 bits per heavy atom. The summed E-state index contributed by atoms with van der Waals surface area (Å²) in [6, 6.07) is 35.6. The number of hydrogen-bond acceptors (Lipinski definition) is 1. The van der Waals surface area contributed by atoms with Crippen molar-refractivity contribution in [2.75, 3.05) is 0 Å². The SMILES string of the molecule is [C-]#[N+]c1ccc2c(c1)c1cc(-n3c4ccccc4c4ccccc43)cc3c4cc(C#N)ccc4n2c31. The number of hydrogen-bond donors (Lipinski definition) is 0. The van der Waals surface area contributed by atoms with Gasteiger partial charge in [0.1, 0.15) is 0 Å². The number of rotatable bonds is 1. The molecule has 0 aliphatic heterocycles. The molecule has 0 unspecified atom stereocenters. The average molecular weight is 457 g/mol. The monoisotopic (exact) mass is 456 g/mol. The van der Waals surface area contributed by atoms with E-state index in [2.05, 4.69) is 80.5 Å². The van der Waals surface area contributed by atoms with Gasteiger partial charge in [0.2, 0.25) is 0 Å². The van der Waals surface area contributed by atoms with Gasteiger partial charge in [-0.2, -0.15) is 5.26 Å². The van der Waals surface area contributed by atoms with Crippen LogP contribution in [0.1, 0.15) is 5.56 Å². The average Bonchev–Trinajstić information content (AvgIpc) is 3.56. The largest absolute Gasteiger partial charge is 0.309 e. The molecule has 3 heterocycles. The molecule has 0 fully saturated rings. The molecule has 8 rings (SSSR count). The Balaban J connectivity index is 1.63. The maximum absolute atomic E-state index is 9.61. The zero-order chi connectivity index (χ0) is 24.0. The van der Waals surface area contributed by atoms with Crippen molar-refractivity contribution in [3.63, 3.8) is 0 Å². The third-order valence-electron chi connectivity index (χ3n) is 7.45. The third-order valence-corrected chi connectivity index (χ3v) is 7.45. The van der Waals surface area contributed by atoms with E-state index < -0.39 is 0 Å². The summed E-state index contributed by atoms with van der Waals surface area (Å²) in [7, 11) is 0. The minimum atomic E-state index is 0.631. The van der Waals surface area contributed by atoms with Crippen LogP contribution in [0.25, 0.3) is 70.4 Å². The molecule has 0 saturated carbocycles. The van der Waals surface area contributed by atoms with Gasteiger partial charge >= 0.3 is 0 Å². The van der Waals surface area contributed by atoms with Crippen LogP contribution in [0, 0.1) is 17.9 Å². The van der Waals surface area contributed by atoms with E-state index in [4.69, 9.17) is 6.57 Å². The van der Waals surface area contributed by atoms with E-state index in [0.29, 0.717) is 11.3 Å². The zero-order valence-electron chi connectivity index (χ0n) is 19.0. The summed E-state index contributed by atoms with van der Waals surface area (Å²) in [6.07, 6.45) is 0. The Kier molecular flexibility index (Phi) is 3.51. The van der Waals surface area contributed by atoms with Crippen LogP contribution in [0.5, 0.6) is 0 Å². The van der Waals surface area contributed by atoms with Gasteiger partial charge in [0.05, 0.1) is 45.8 Å². The molecule has 5 aromatic carbocycles. The highest BCUT2D eigenvalue weighted by Gasteiger charge is 2.21. The number of para-hydroxylation sites is 2. The van der Waals surface area contributed by atoms with Crippen LogP contribution >= 0.6 is 0 Å². The first-order chi connectivity index (χ1) is 17.8. The van der Waals surface area contributed by atoms with Gasteiger partial charge in [-0.05, 0) is 60.0 Å². The standard InChI is InChI=1S/C32H16N4/c1-34-20-11-13-31-25(15-20)27-17-21(16-26-24-14-19(18-33)10-12-30(24)36(31)32(26)27)35-28-8-4-2-6-22(28)23-7-3-5-9-29(23)35/h2-17H. The maximum atomic E-state index is 9.61. The minimum Gasteiger partial charge on any atom is -0.309 e. The first kappa shape index (κ1) is 19.0. The van der Waals surface area contributed by atoms with E-state index in [1.165, 1.54) is 10.8 Å². The molecule has 0 bridgehead atoms. The van der Waals surface area contributed by atoms with E-state index in [1.807, 2.05) is 36.4 Å². The molecule has 4 heteroatoms. The summed E-state index contributed by atoms with van der Waals surface area (Å²) < 4.78 is 4.61. The first-order valence-electron chi connectivity index (χ1n) is 11.8. The molecule has 4 nitrogen and oxygen atoms in total. The molecule has 0 aliphatic rings. The van der Waals surface area contributed by atoms with Crippen molar-refractivity contribution in [3.8, 4) is 11.8 Å². The molecule has 36 heavy (non-hydrogen) atoms. The Bertz CT molecular complexity index is 2130. The van der Waals surface area contributed by atoms with Gasteiger partial charge in [-0.15, -0.1) is 0 Å². The zero-order valence-corrected chi connectivity index (χ0v) is 19.0. The molecule has 0 radical (unpaired) electrons.